The van der Waals surface area contributed by atoms with E-state index in [2.05, 4.69) is 5.32 Å². The third-order valence-corrected chi connectivity index (χ3v) is 4.71. The van der Waals surface area contributed by atoms with E-state index in [1.54, 1.807) is 36.2 Å². The third-order valence-electron chi connectivity index (χ3n) is 4.71. The van der Waals surface area contributed by atoms with E-state index >= 15 is 0 Å². The zero-order valence-corrected chi connectivity index (χ0v) is 16.3. The Balaban J connectivity index is 1.61. The van der Waals surface area contributed by atoms with Crippen LogP contribution in [-0.4, -0.2) is 83.2 Å². The van der Waals surface area contributed by atoms with Crippen LogP contribution in [-0.2, 0) is 14.3 Å². The van der Waals surface area contributed by atoms with Gasteiger partial charge < -0.3 is 34.1 Å². The van der Waals surface area contributed by atoms with Gasteiger partial charge in [0.15, 0.2) is 11.5 Å². The summed E-state index contributed by atoms with van der Waals surface area (Å²) in [7, 11) is 3.18. The summed E-state index contributed by atoms with van der Waals surface area (Å²) in [5.41, 5.74) is 0.738. The monoisotopic (exact) mass is 393 g/mol. The second kappa shape index (κ2) is 9.61. The Labute approximate surface area is 164 Å². The lowest BCUT2D eigenvalue weighted by molar-refractivity contribution is -0.117. The smallest absolute Gasteiger partial charge is 0.317 e. The molecule has 1 N–H and O–H groups in total. The number of hydrogen-bond acceptors (Lipinski definition) is 6. The minimum Gasteiger partial charge on any atom is -0.486 e. The Kier molecular flexibility index (Phi) is 6.94. The van der Waals surface area contributed by atoms with E-state index < -0.39 is 0 Å². The molecule has 9 heteroatoms. The van der Waals surface area contributed by atoms with Crippen molar-refractivity contribution in [3.63, 3.8) is 0 Å². The first-order valence-corrected chi connectivity index (χ1v) is 9.35. The van der Waals surface area contributed by atoms with Gasteiger partial charge in [-0.05, 0) is 12.1 Å². The number of hydrogen-bond donors (Lipinski definition) is 1. The molecule has 0 radical (unpaired) electrons. The van der Waals surface area contributed by atoms with E-state index in [0.29, 0.717) is 57.6 Å². The Morgan fingerprint density at radius 1 is 1.18 bits per heavy atom. The Morgan fingerprint density at radius 2 is 1.86 bits per heavy atom. The summed E-state index contributed by atoms with van der Waals surface area (Å²) < 4.78 is 21.2. The van der Waals surface area contributed by atoms with Gasteiger partial charge in [-0.1, -0.05) is 0 Å². The van der Waals surface area contributed by atoms with Gasteiger partial charge in [-0.25, -0.2) is 4.79 Å². The molecule has 0 spiro atoms. The van der Waals surface area contributed by atoms with E-state index in [4.69, 9.17) is 18.9 Å². The number of ether oxygens (including phenoxy) is 4. The molecule has 1 saturated heterocycles. The highest BCUT2D eigenvalue weighted by atomic mass is 16.6. The standard InChI is InChI=1S/C19H27N3O6/c1-25-7-5-21(6-8-26-2)19(24)20-14-11-18(23)22(13-14)15-3-4-16-17(12-15)28-10-9-27-16/h3-4,12,14H,5-11,13H2,1-2H3,(H,20,24)/t14-/m1/s1. The lowest BCUT2D eigenvalue weighted by atomic mass is 10.2. The number of rotatable bonds is 8. The molecule has 2 aliphatic rings. The van der Waals surface area contributed by atoms with Gasteiger partial charge >= 0.3 is 6.03 Å². The number of anilines is 1. The van der Waals surface area contributed by atoms with Crippen LogP contribution in [0.1, 0.15) is 6.42 Å². The Morgan fingerprint density at radius 3 is 2.54 bits per heavy atom. The lowest BCUT2D eigenvalue weighted by Crippen LogP contribution is -2.47. The number of nitrogens with zero attached hydrogens (tertiary/aromatic N) is 2. The van der Waals surface area contributed by atoms with E-state index in [-0.39, 0.29) is 24.4 Å². The summed E-state index contributed by atoms with van der Waals surface area (Å²) in [6, 6.07) is 4.95. The molecule has 0 aromatic heterocycles. The number of methoxy groups -OCH3 is 2. The number of carbonyl (C=O) groups excluding carboxylic acids is 2. The van der Waals surface area contributed by atoms with Gasteiger partial charge in [0, 0.05) is 52.0 Å². The summed E-state index contributed by atoms with van der Waals surface area (Å²) in [4.78, 5) is 28.4. The van der Waals surface area contributed by atoms with Gasteiger partial charge in [0.05, 0.1) is 19.3 Å². The van der Waals surface area contributed by atoms with E-state index in [1.165, 1.54) is 0 Å². The van der Waals surface area contributed by atoms with Crippen molar-refractivity contribution in [1.82, 2.24) is 10.2 Å². The summed E-state index contributed by atoms with van der Waals surface area (Å²) in [5, 5.41) is 2.95. The van der Waals surface area contributed by atoms with Crippen LogP contribution in [0.2, 0.25) is 0 Å². The molecule has 1 aromatic rings. The molecule has 1 fully saturated rings. The summed E-state index contributed by atoms with van der Waals surface area (Å²) in [6.07, 6.45) is 0.253. The third kappa shape index (κ3) is 4.85. The van der Waals surface area contributed by atoms with Crippen molar-refractivity contribution in [2.24, 2.45) is 0 Å². The fraction of sp³-hybridized carbons (Fsp3) is 0.579. The molecule has 3 amide bonds. The van der Waals surface area contributed by atoms with Crippen molar-refractivity contribution in [2.45, 2.75) is 12.5 Å². The van der Waals surface area contributed by atoms with Crippen molar-refractivity contribution in [2.75, 3.05) is 65.2 Å². The second-order valence-electron chi connectivity index (χ2n) is 6.66. The number of carbonyl (C=O) groups is 2. The summed E-state index contributed by atoms with van der Waals surface area (Å²) in [6.45, 7) is 3.20. The molecule has 0 unspecified atom stereocenters. The average Bonchev–Trinajstić information content (AvgIpc) is 3.07. The fourth-order valence-corrected chi connectivity index (χ4v) is 3.24. The predicted molar refractivity (Wildman–Crippen MR) is 102 cm³/mol. The molecule has 2 heterocycles. The molecule has 9 nitrogen and oxygen atoms in total. The van der Waals surface area contributed by atoms with Crippen molar-refractivity contribution in [1.29, 1.82) is 0 Å². The summed E-state index contributed by atoms with van der Waals surface area (Å²) >= 11 is 0. The molecule has 0 aliphatic carbocycles. The molecule has 3 rings (SSSR count). The lowest BCUT2D eigenvalue weighted by Gasteiger charge is -2.25. The first-order chi connectivity index (χ1) is 13.6. The average molecular weight is 393 g/mol. The van der Waals surface area contributed by atoms with Crippen LogP contribution < -0.4 is 19.7 Å². The van der Waals surface area contributed by atoms with Crippen LogP contribution in [0.3, 0.4) is 0 Å². The minimum atomic E-state index is -0.263. The molecule has 154 valence electrons. The first-order valence-electron chi connectivity index (χ1n) is 9.35. The highest BCUT2D eigenvalue weighted by molar-refractivity contribution is 5.97. The highest BCUT2D eigenvalue weighted by Gasteiger charge is 2.33. The maximum absolute atomic E-state index is 12.6. The number of fused-ring (bicyclic) bond motifs is 1. The largest absolute Gasteiger partial charge is 0.486 e. The molecule has 1 atom stereocenters. The molecular formula is C19H27N3O6. The first kappa shape index (κ1) is 20.2. The van der Waals surface area contributed by atoms with E-state index in [1.807, 2.05) is 6.07 Å². The van der Waals surface area contributed by atoms with Crippen LogP contribution in [0, 0.1) is 0 Å². The maximum atomic E-state index is 12.6. The zero-order valence-electron chi connectivity index (χ0n) is 16.3. The molecule has 2 aliphatic heterocycles. The van der Waals surface area contributed by atoms with Gasteiger partial charge in [-0.2, -0.15) is 0 Å². The van der Waals surface area contributed by atoms with Crippen LogP contribution >= 0.6 is 0 Å². The van der Waals surface area contributed by atoms with E-state index in [0.717, 1.165) is 5.69 Å². The minimum absolute atomic E-state index is 0.0395. The highest BCUT2D eigenvalue weighted by Crippen LogP contribution is 2.35. The maximum Gasteiger partial charge on any atom is 0.317 e. The van der Waals surface area contributed by atoms with Gasteiger partial charge in [0.25, 0.3) is 0 Å². The predicted octanol–water partition coefficient (Wildman–Crippen LogP) is 0.868. The normalized spacial score (nSPS) is 18.3. The summed E-state index contributed by atoms with van der Waals surface area (Å²) in [5.74, 6) is 1.27. The molecule has 0 saturated carbocycles. The van der Waals surface area contributed by atoms with Gasteiger partial charge in [0.2, 0.25) is 5.91 Å². The van der Waals surface area contributed by atoms with Crippen LogP contribution in [0.4, 0.5) is 10.5 Å². The number of urea groups is 1. The van der Waals surface area contributed by atoms with Gasteiger partial charge in [-0.3, -0.25) is 4.79 Å². The van der Waals surface area contributed by atoms with Crippen molar-refractivity contribution in [3.8, 4) is 11.5 Å². The van der Waals surface area contributed by atoms with Crippen LogP contribution in [0.5, 0.6) is 11.5 Å². The van der Waals surface area contributed by atoms with Gasteiger partial charge in [-0.15, -0.1) is 0 Å². The Hall–Kier alpha value is -2.52. The van der Waals surface area contributed by atoms with Crippen LogP contribution in [0.25, 0.3) is 0 Å². The second-order valence-corrected chi connectivity index (χ2v) is 6.66. The molecule has 0 bridgehead atoms. The van der Waals surface area contributed by atoms with E-state index in [9.17, 15) is 9.59 Å². The number of benzene rings is 1. The fourth-order valence-electron chi connectivity index (χ4n) is 3.24. The molecule has 28 heavy (non-hydrogen) atoms. The molecule has 1 aromatic carbocycles. The van der Waals surface area contributed by atoms with Crippen molar-refractivity contribution >= 4 is 17.6 Å². The van der Waals surface area contributed by atoms with Crippen LogP contribution in [0.15, 0.2) is 18.2 Å². The molecular weight excluding hydrogens is 366 g/mol. The Bertz CT molecular complexity index is 690. The number of amides is 3. The quantitative estimate of drug-likeness (QED) is 0.705. The topological polar surface area (TPSA) is 89.6 Å². The van der Waals surface area contributed by atoms with Crippen molar-refractivity contribution in [3.05, 3.63) is 18.2 Å². The number of nitrogens with one attached hydrogen (secondary N) is 1. The van der Waals surface area contributed by atoms with Gasteiger partial charge in [0.1, 0.15) is 13.2 Å². The van der Waals surface area contributed by atoms with Crippen molar-refractivity contribution < 1.29 is 28.5 Å². The zero-order chi connectivity index (χ0) is 19.9. The SMILES string of the molecule is COCCN(CCOC)C(=O)N[C@@H]1CC(=O)N(c2ccc3c(c2)OCCO3)C1.